The maximum atomic E-state index is 11.4. The third-order valence-electron chi connectivity index (χ3n) is 2.22. The molecule has 1 fully saturated rings. The number of amides is 1. The van der Waals surface area contributed by atoms with Crippen molar-refractivity contribution < 1.29 is 4.79 Å². The zero-order valence-corrected chi connectivity index (χ0v) is 8.86. The maximum absolute atomic E-state index is 11.4. The third kappa shape index (κ3) is 2.95. The fraction of sp³-hybridized carbons (Fsp3) is 0.778. The Morgan fingerprint density at radius 2 is 2.08 bits per heavy atom. The van der Waals surface area contributed by atoms with Crippen LogP contribution >= 0.6 is 12.2 Å². The summed E-state index contributed by atoms with van der Waals surface area (Å²) in [5.41, 5.74) is 5.52. The molecule has 1 rings (SSSR count). The molecule has 1 aliphatic carbocycles. The van der Waals surface area contributed by atoms with Gasteiger partial charge < -0.3 is 11.1 Å². The van der Waals surface area contributed by atoms with E-state index in [0.717, 1.165) is 12.8 Å². The normalized spacial score (nSPS) is 18.4. The molecule has 1 saturated carbocycles. The molecule has 0 aromatic heterocycles. The Morgan fingerprint density at radius 1 is 1.54 bits per heavy atom. The molecule has 0 aliphatic heterocycles. The van der Waals surface area contributed by atoms with Gasteiger partial charge in [0.15, 0.2) is 0 Å². The Labute approximate surface area is 84.1 Å². The van der Waals surface area contributed by atoms with Gasteiger partial charge in [0, 0.05) is 5.92 Å². The molecule has 74 valence electrons. The van der Waals surface area contributed by atoms with E-state index in [-0.39, 0.29) is 23.8 Å². The van der Waals surface area contributed by atoms with Crippen LogP contribution in [0.2, 0.25) is 0 Å². The van der Waals surface area contributed by atoms with E-state index in [1.54, 1.807) is 0 Å². The highest BCUT2D eigenvalue weighted by molar-refractivity contribution is 7.80. The fourth-order valence-corrected chi connectivity index (χ4v) is 1.51. The minimum atomic E-state index is -0.150. The van der Waals surface area contributed by atoms with Crippen molar-refractivity contribution in [2.24, 2.45) is 17.6 Å². The van der Waals surface area contributed by atoms with Crippen LogP contribution in [0.1, 0.15) is 26.7 Å². The van der Waals surface area contributed by atoms with Crippen molar-refractivity contribution in [3.05, 3.63) is 0 Å². The van der Waals surface area contributed by atoms with Gasteiger partial charge in [-0.1, -0.05) is 26.1 Å². The first-order chi connectivity index (χ1) is 6.02. The van der Waals surface area contributed by atoms with Gasteiger partial charge in [-0.3, -0.25) is 4.79 Å². The Bertz CT molecular complexity index is 224. The minimum absolute atomic E-state index is 0.103. The summed E-state index contributed by atoms with van der Waals surface area (Å²) >= 11 is 4.88. The van der Waals surface area contributed by atoms with Crippen LogP contribution in [0.4, 0.5) is 0 Å². The van der Waals surface area contributed by atoms with Gasteiger partial charge in [0.05, 0.1) is 11.0 Å². The molecule has 0 bridgehead atoms. The highest BCUT2D eigenvalue weighted by atomic mass is 32.1. The Balaban J connectivity index is 2.46. The van der Waals surface area contributed by atoms with Gasteiger partial charge in [0.25, 0.3) is 0 Å². The molecule has 1 atom stereocenters. The molecule has 0 aromatic carbocycles. The quantitative estimate of drug-likeness (QED) is 0.661. The monoisotopic (exact) mass is 200 g/mol. The maximum Gasteiger partial charge on any atom is 0.223 e. The summed E-state index contributed by atoms with van der Waals surface area (Å²) < 4.78 is 0. The lowest BCUT2D eigenvalue weighted by Crippen LogP contribution is -2.47. The van der Waals surface area contributed by atoms with Crippen LogP contribution in [0, 0.1) is 11.8 Å². The summed E-state index contributed by atoms with van der Waals surface area (Å²) in [6.45, 7) is 3.99. The van der Waals surface area contributed by atoms with Gasteiger partial charge in [-0.05, 0) is 18.8 Å². The van der Waals surface area contributed by atoms with Crippen molar-refractivity contribution in [2.45, 2.75) is 32.7 Å². The molecule has 3 N–H and O–H groups in total. The van der Waals surface area contributed by atoms with Crippen LogP contribution in [-0.4, -0.2) is 16.9 Å². The van der Waals surface area contributed by atoms with Crippen LogP contribution in [0.15, 0.2) is 0 Å². The van der Waals surface area contributed by atoms with Gasteiger partial charge in [0.2, 0.25) is 5.91 Å². The largest absolute Gasteiger partial charge is 0.392 e. The van der Waals surface area contributed by atoms with E-state index in [1.807, 2.05) is 13.8 Å². The molecule has 1 aliphatic rings. The molecule has 1 amide bonds. The van der Waals surface area contributed by atoms with Crippen LogP contribution in [-0.2, 0) is 4.79 Å². The van der Waals surface area contributed by atoms with Crippen molar-refractivity contribution in [1.29, 1.82) is 0 Å². The van der Waals surface area contributed by atoms with Crippen LogP contribution < -0.4 is 11.1 Å². The second-order valence-electron chi connectivity index (χ2n) is 3.91. The summed E-state index contributed by atoms with van der Waals surface area (Å²) in [6, 6.07) is -0.150. The fourth-order valence-electron chi connectivity index (χ4n) is 1.18. The number of carbonyl (C=O) groups excluding carboxylic acids is 1. The number of carbonyl (C=O) groups is 1. The second kappa shape index (κ2) is 4.05. The number of hydrogen-bond acceptors (Lipinski definition) is 2. The molecule has 1 unspecified atom stereocenters. The molecule has 3 nitrogen and oxygen atoms in total. The molecular weight excluding hydrogens is 184 g/mol. The first-order valence-electron chi connectivity index (χ1n) is 4.62. The van der Waals surface area contributed by atoms with E-state index >= 15 is 0 Å². The van der Waals surface area contributed by atoms with Crippen LogP contribution in [0.3, 0.4) is 0 Å². The lowest BCUT2D eigenvalue weighted by Gasteiger charge is -2.20. The average Bonchev–Trinajstić information content (AvgIpc) is 2.80. The van der Waals surface area contributed by atoms with Crippen molar-refractivity contribution in [2.75, 3.05) is 0 Å². The molecule has 4 heteroatoms. The summed E-state index contributed by atoms with van der Waals surface area (Å²) in [6.07, 6.45) is 2.02. The topological polar surface area (TPSA) is 55.1 Å². The Kier molecular flexibility index (Phi) is 3.25. The molecule has 0 aromatic rings. The van der Waals surface area contributed by atoms with Crippen LogP contribution in [0.5, 0.6) is 0 Å². The summed E-state index contributed by atoms with van der Waals surface area (Å²) in [7, 11) is 0. The molecule has 0 heterocycles. The lowest BCUT2D eigenvalue weighted by molar-refractivity contribution is -0.122. The zero-order chi connectivity index (χ0) is 10.0. The van der Waals surface area contributed by atoms with E-state index in [0.29, 0.717) is 4.99 Å². The SMILES string of the molecule is CC(C)C(NC(=O)C1CC1)C(N)=S. The number of nitrogens with one attached hydrogen (secondary N) is 1. The van der Waals surface area contributed by atoms with Crippen LogP contribution in [0.25, 0.3) is 0 Å². The van der Waals surface area contributed by atoms with Crippen molar-refractivity contribution >= 4 is 23.1 Å². The third-order valence-corrected chi connectivity index (χ3v) is 2.47. The van der Waals surface area contributed by atoms with E-state index in [1.165, 1.54) is 0 Å². The number of nitrogens with two attached hydrogens (primary N) is 1. The van der Waals surface area contributed by atoms with Gasteiger partial charge in [0.1, 0.15) is 0 Å². The standard InChI is InChI=1S/C9H16N2OS/c1-5(2)7(8(10)13)11-9(12)6-3-4-6/h5-7H,3-4H2,1-2H3,(H2,10,13)(H,11,12). The first kappa shape index (κ1) is 10.4. The zero-order valence-electron chi connectivity index (χ0n) is 8.04. The number of rotatable bonds is 4. The van der Waals surface area contributed by atoms with Crippen molar-refractivity contribution in [1.82, 2.24) is 5.32 Å². The lowest BCUT2D eigenvalue weighted by atomic mass is 10.0. The highest BCUT2D eigenvalue weighted by Crippen LogP contribution is 2.29. The smallest absolute Gasteiger partial charge is 0.223 e. The summed E-state index contributed by atoms with van der Waals surface area (Å²) in [4.78, 5) is 11.8. The second-order valence-corrected chi connectivity index (χ2v) is 4.38. The summed E-state index contributed by atoms with van der Waals surface area (Å²) in [5, 5.41) is 2.87. The van der Waals surface area contributed by atoms with Crippen molar-refractivity contribution in [3.8, 4) is 0 Å². The van der Waals surface area contributed by atoms with Crippen molar-refractivity contribution in [3.63, 3.8) is 0 Å². The average molecular weight is 200 g/mol. The number of thiocarbonyl (C=S) groups is 1. The van der Waals surface area contributed by atoms with Gasteiger partial charge >= 0.3 is 0 Å². The molecule has 0 spiro atoms. The Morgan fingerprint density at radius 3 is 2.38 bits per heavy atom. The molecule has 13 heavy (non-hydrogen) atoms. The highest BCUT2D eigenvalue weighted by Gasteiger charge is 2.32. The van der Waals surface area contributed by atoms with Gasteiger partial charge in [-0.25, -0.2) is 0 Å². The first-order valence-corrected chi connectivity index (χ1v) is 5.03. The van der Waals surface area contributed by atoms with Gasteiger partial charge in [-0.15, -0.1) is 0 Å². The van der Waals surface area contributed by atoms with Gasteiger partial charge in [-0.2, -0.15) is 0 Å². The predicted octanol–water partition coefficient (Wildman–Crippen LogP) is 0.823. The Hall–Kier alpha value is -0.640. The van der Waals surface area contributed by atoms with E-state index in [9.17, 15) is 4.79 Å². The van der Waals surface area contributed by atoms with E-state index in [2.05, 4.69) is 5.32 Å². The predicted molar refractivity (Wildman–Crippen MR) is 56.3 cm³/mol. The summed E-state index contributed by atoms with van der Waals surface area (Å²) in [5.74, 6) is 0.585. The molecule has 0 saturated heterocycles. The molecule has 0 radical (unpaired) electrons. The minimum Gasteiger partial charge on any atom is -0.392 e. The molecular formula is C9H16N2OS. The van der Waals surface area contributed by atoms with E-state index in [4.69, 9.17) is 18.0 Å². The van der Waals surface area contributed by atoms with E-state index < -0.39 is 0 Å². The number of hydrogen-bond donors (Lipinski definition) is 2.